The van der Waals surface area contributed by atoms with Crippen molar-refractivity contribution >= 4 is 34.1 Å². The largest absolute Gasteiger partial charge is 0.497 e. The number of anilines is 2. The fourth-order valence-electron chi connectivity index (χ4n) is 3.33. The summed E-state index contributed by atoms with van der Waals surface area (Å²) < 4.78 is 6.25. The number of benzene rings is 2. The maximum Gasteiger partial charge on any atom is 0.278 e. The second-order valence-corrected chi connectivity index (χ2v) is 6.65. The van der Waals surface area contributed by atoms with Gasteiger partial charge in [-0.3, -0.25) is 14.4 Å². The number of amides is 2. The molecule has 1 saturated heterocycles. The number of methoxy groups -OCH3 is 1. The first-order valence-electron chi connectivity index (χ1n) is 9.17. The van der Waals surface area contributed by atoms with E-state index >= 15 is 0 Å². The van der Waals surface area contributed by atoms with Crippen LogP contribution in [0.5, 0.6) is 5.75 Å². The van der Waals surface area contributed by atoms with Crippen molar-refractivity contribution in [3.8, 4) is 5.75 Å². The fourth-order valence-corrected chi connectivity index (χ4v) is 3.33. The highest BCUT2D eigenvalue weighted by molar-refractivity contribution is 6.02. The Morgan fingerprint density at radius 2 is 2.03 bits per heavy atom. The van der Waals surface area contributed by atoms with Crippen molar-refractivity contribution in [3.63, 3.8) is 0 Å². The van der Waals surface area contributed by atoms with Gasteiger partial charge in [-0.2, -0.15) is 0 Å². The first kappa shape index (κ1) is 18.6. The Morgan fingerprint density at radius 1 is 1.21 bits per heavy atom. The lowest BCUT2D eigenvalue weighted by Gasteiger charge is -2.20. The van der Waals surface area contributed by atoms with Gasteiger partial charge in [-0.15, -0.1) is 5.10 Å². The van der Waals surface area contributed by atoms with Crippen LogP contribution in [-0.4, -0.2) is 40.5 Å². The minimum Gasteiger partial charge on any atom is -0.497 e. The summed E-state index contributed by atoms with van der Waals surface area (Å²) in [6.45, 7) is 0.283. The Labute approximate surface area is 165 Å². The van der Waals surface area contributed by atoms with Gasteiger partial charge in [-0.25, -0.2) is 4.68 Å². The molecule has 3 aromatic rings. The van der Waals surface area contributed by atoms with Gasteiger partial charge in [0.2, 0.25) is 11.8 Å². The number of carbonyl (C=O) groups excluding carboxylic acids is 2. The fraction of sp³-hybridized carbons (Fsp3) is 0.250. The van der Waals surface area contributed by atoms with Gasteiger partial charge in [-0.05, 0) is 30.7 Å². The van der Waals surface area contributed by atoms with E-state index in [0.29, 0.717) is 41.0 Å². The highest BCUT2D eigenvalue weighted by Crippen LogP contribution is 2.33. The molecule has 9 nitrogen and oxygen atoms in total. The number of rotatable bonds is 5. The van der Waals surface area contributed by atoms with Crippen molar-refractivity contribution in [2.75, 3.05) is 23.9 Å². The summed E-state index contributed by atoms with van der Waals surface area (Å²) in [7, 11) is 1.52. The first-order valence-corrected chi connectivity index (χ1v) is 9.17. The summed E-state index contributed by atoms with van der Waals surface area (Å²) >= 11 is 0. The molecule has 0 spiro atoms. The van der Waals surface area contributed by atoms with Crippen LogP contribution in [0.2, 0.25) is 0 Å². The molecular formula is C20H19N5O4. The zero-order valence-electron chi connectivity index (χ0n) is 15.8. The molecule has 0 aliphatic carbocycles. The van der Waals surface area contributed by atoms with Crippen LogP contribution in [0.3, 0.4) is 0 Å². The predicted molar refractivity (Wildman–Crippen MR) is 107 cm³/mol. The number of nitrogens with one attached hydrogen (secondary N) is 1. The van der Waals surface area contributed by atoms with Crippen LogP contribution in [0.15, 0.2) is 47.3 Å². The Kier molecular flexibility index (Phi) is 4.94. The Bertz CT molecular complexity index is 1160. The second kappa shape index (κ2) is 7.70. The molecule has 0 saturated carbocycles. The lowest BCUT2D eigenvalue weighted by molar-refractivity contribution is -0.118. The first-order chi connectivity index (χ1) is 14.1. The van der Waals surface area contributed by atoms with E-state index in [-0.39, 0.29) is 12.5 Å². The summed E-state index contributed by atoms with van der Waals surface area (Å²) in [4.78, 5) is 39.0. The van der Waals surface area contributed by atoms with E-state index in [1.165, 1.54) is 7.11 Å². The topological polar surface area (TPSA) is 106 Å². The maximum absolute atomic E-state index is 12.6. The van der Waals surface area contributed by atoms with Gasteiger partial charge in [0.15, 0.2) is 0 Å². The molecule has 0 unspecified atom stereocenters. The van der Waals surface area contributed by atoms with E-state index in [2.05, 4.69) is 15.6 Å². The maximum atomic E-state index is 12.6. The van der Waals surface area contributed by atoms with E-state index in [4.69, 9.17) is 4.74 Å². The van der Waals surface area contributed by atoms with Crippen molar-refractivity contribution < 1.29 is 14.3 Å². The molecule has 1 N–H and O–H groups in total. The number of ether oxygens (including phenoxy) is 1. The third kappa shape index (κ3) is 3.66. The zero-order chi connectivity index (χ0) is 20.4. The standard InChI is InChI=1S/C20H19N5O4/c1-29-13-8-9-17(24-10-4-7-19(24)27)16(11-13)21-18(26)12-25-20(28)14-5-2-3-6-15(14)22-23-25/h2-3,5-6,8-9,11H,4,7,10,12H2,1H3,(H,21,26). The number of hydrogen-bond acceptors (Lipinski definition) is 6. The van der Waals surface area contributed by atoms with Crippen LogP contribution in [0, 0.1) is 0 Å². The molecule has 2 heterocycles. The molecule has 1 aliphatic heterocycles. The molecule has 148 valence electrons. The summed E-state index contributed by atoms with van der Waals surface area (Å²) in [6.07, 6.45) is 1.24. The molecule has 1 aromatic heterocycles. The third-order valence-corrected chi connectivity index (χ3v) is 4.76. The van der Waals surface area contributed by atoms with Crippen LogP contribution in [-0.2, 0) is 16.1 Å². The molecule has 29 heavy (non-hydrogen) atoms. The summed E-state index contributed by atoms with van der Waals surface area (Å²) in [6, 6.07) is 11.9. The highest BCUT2D eigenvalue weighted by Gasteiger charge is 2.25. The molecule has 1 fully saturated rings. The van der Waals surface area contributed by atoms with E-state index in [1.54, 1.807) is 47.4 Å². The molecule has 0 radical (unpaired) electrons. The summed E-state index contributed by atoms with van der Waals surface area (Å²) in [5.74, 6) is 0.0819. The average molecular weight is 393 g/mol. The summed E-state index contributed by atoms with van der Waals surface area (Å²) in [5, 5.41) is 11.0. The SMILES string of the molecule is COc1ccc(N2CCCC2=O)c(NC(=O)Cn2nnc3ccccc3c2=O)c1. The smallest absolute Gasteiger partial charge is 0.278 e. The van der Waals surface area contributed by atoms with E-state index < -0.39 is 11.5 Å². The van der Waals surface area contributed by atoms with Crippen LogP contribution < -0.4 is 20.5 Å². The van der Waals surface area contributed by atoms with E-state index in [0.717, 1.165) is 11.1 Å². The van der Waals surface area contributed by atoms with Crippen molar-refractivity contribution in [3.05, 3.63) is 52.8 Å². The monoisotopic (exact) mass is 393 g/mol. The molecule has 1 aliphatic rings. The normalized spacial score (nSPS) is 13.7. The van der Waals surface area contributed by atoms with Crippen molar-refractivity contribution in [2.24, 2.45) is 0 Å². The van der Waals surface area contributed by atoms with Gasteiger partial charge in [-0.1, -0.05) is 17.3 Å². The van der Waals surface area contributed by atoms with Crippen LogP contribution >= 0.6 is 0 Å². The van der Waals surface area contributed by atoms with Gasteiger partial charge in [0.05, 0.1) is 23.9 Å². The van der Waals surface area contributed by atoms with Gasteiger partial charge in [0, 0.05) is 19.0 Å². The number of aromatic nitrogens is 3. The Hall–Kier alpha value is -3.75. The van der Waals surface area contributed by atoms with Crippen molar-refractivity contribution in [1.82, 2.24) is 15.0 Å². The van der Waals surface area contributed by atoms with Gasteiger partial charge in [0.1, 0.15) is 17.8 Å². The number of carbonyl (C=O) groups is 2. The zero-order valence-corrected chi connectivity index (χ0v) is 15.8. The van der Waals surface area contributed by atoms with Crippen molar-refractivity contribution in [2.45, 2.75) is 19.4 Å². The number of fused-ring (bicyclic) bond motifs is 1. The van der Waals surface area contributed by atoms with Crippen LogP contribution in [0.1, 0.15) is 12.8 Å². The molecule has 2 aromatic carbocycles. The lowest BCUT2D eigenvalue weighted by Crippen LogP contribution is -2.31. The van der Waals surface area contributed by atoms with Crippen LogP contribution in [0.4, 0.5) is 11.4 Å². The minimum absolute atomic E-state index is 0.00211. The molecule has 0 atom stereocenters. The molecular weight excluding hydrogens is 374 g/mol. The number of nitrogens with zero attached hydrogens (tertiary/aromatic N) is 4. The Morgan fingerprint density at radius 3 is 2.79 bits per heavy atom. The predicted octanol–water partition coefficient (Wildman–Crippen LogP) is 1.57. The van der Waals surface area contributed by atoms with Gasteiger partial charge >= 0.3 is 0 Å². The molecule has 4 rings (SSSR count). The van der Waals surface area contributed by atoms with E-state index in [1.807, 2.05) is 0 Å². The third-order valence-electron chi connectivity index (χ3n) is 4.76. The Balaban J connectivity index is 1.61. The molecule has 2 amide bonds. The van der Waals surface area contributed by atoms with Gasteiger partial charge < -0.3 is 15.0 Å². The van der Waals surface area contributed by atoms with Crippen molar-refractivity contribution in [1.29, 1.82) is 0 Å². The van der Waals surface area contributed by atoms with Gasteiger partial charge in [0.25, 0.3) is 5.56 Å². The highest BCUT2D eigenvalue weighted by atomic mass is 16.5. The number of hydrogen-bond donors (Lipinski definition) is 1. The van der Waals surface area contributed by atoms with E-state index in [9.17, 15) is 14.4 Å². The molecule has 9 heteroatoms. The minimum atomic E-state index is -0.460. The lowest BCUT2D eigenvalue weighted by atomic mass is 10.2. The second-order valence-electron chi connectivity index (χ2n) is 6.65. The molecule has 0 bridgehead atoms. The summed E-state index contributed by atoms with van der Waals surface area (Å²) in [5.41, 5.74) is 1.10. The quantitative estimate of drug-likeness (QED) is 0.705. The average Bonchev–Trinajstić information content (AvgIpc) is 3.16. The van der Waals surface area contributed by atoms with Crippen LogP contribution in [0.25, 0.3) is 10.9 Å².